The summed E-state index contributed by atoms with van der Waals surface area (Å²) in [6, 6.07) is 11.8. The van der Waals surface area contributed by atoms with Crippen LogP contribution in [0.4, 0.5) is 6.01 Å². The van der Waals surface area contributed by atoms with Gasteiger partial charge in [0.25, 0.3) is 6.01 Å². The van der Waals surface area contributed by atoms with Crippen LogP contribution in [0.2, 0.25) is 0 Å². The van der Waals surface area contributed by atoms with Gasteiger partial charge in [-0.2, -0.15) is 4.98 Å². The number of nitrogen functional groups attached to an aromatic ring is 1. The predicted octanol–water partition coefficient (Wildman–Crippen LogP) is 1.72. The van der Waals surface area contributed by atoms with Crippen molar-refractivity contribution >= 4 is 27.1 Å². The highest BCUT2D eigenvalue weighted by atomic mass is 32.2. The molecule has 20 heavy (non-hydrogen) atoms. The summed E-state index contributed by atoms with van der Waals surface area (Å²) in [7, 11) is -3.70. The number of nitrogens with zero attached hydrogens (tertiary/aromatic N) is 1. The van der Waals surface area contributed by atoms with Crippen molar-refractivity contribution in [3.63, 3.8) is 0 Å². The number of oxazole rings is 1. The molecule has 0 aliphatic carbocycles. The molecule has 1 heterocycles. The molecule has 0 spiro atoms. The molecule has 3 rings (SSSR count). The average Bonchev–Trinajstić information content (AvgIpc) is 2.78. The van der Waals surface area contributed by atoms with Gasteiger partial charge in [0.1, 0.15) is 5.52 Å². The topological polar surface area (TPSA) is 112 Å². The van der Waals surface area contributed by atoms with Crippen LogP contribution in [0, 0.1) is 0 Å². The van der Waals surface area contributed by atoms with Gasteiger partial charge in [-0.15, -0.1) is 0 Å². The van der Waals surface area contributed by atoms with Crippen molar-refractivity contribution in [2.24, 2.45) is 5.14 Å². The standard InChI is InChI=1S/C13H11N3O3S/c14-13-16-11-3-1-2-10(12(11)19-13)8-4-6-9(7-5-8)20(15,17)18/h1-7H,(H2,14,16)(H2,15,17,18). The first-order chi connectivity index (χ1) is 9.45. The van der Waals surface area contributed by atoms with Crippen LogP contribution in [0.5, 0.6) is 0 Å². The molecule has 3 aromatic rings. The minimum atomic E-state index is -3.70. The Morgan fingerprint density at radius 1 is 1.05 bits per heavy atom. The largest absolute Gasteiger partial charge is 0.423 e. The Morgan fingerprint density at radius 3 is 2.40 bits per heavy atom. The second kappa shape index (κ2) is 4.32. The third kappa shape index (κ3) is 2.13. The van der Waals surface area contributed by atoms with E-state index in [9.17, 15) is 8.42 Å². The SMILES string of the molecule is Nc1nc2cccc(-c3ccc(S(N)(=O)=O)cc3)c2o1. The van der Waals surface area contributed by atoms with E-state index in [1.54, 1.807) is 18.2 Å². The van der Waals surface area contributed by atoms with E-state index in [0.717, 1.165) is 11.1 Å². The van der Waals surface area contributed by atoms with Gasteiger partial charge >= 0.3 is 0 Å². The number of benzene rings is 2. The summed E-state index contributed by atoms with van der Waals surface area (Å²) in [5, 5.41) is 5.07. The van der Waals surface area contributed by atoms with Crippen molar-refractivity contribution in [2.75, 3.05) is 5.73 Å². The molecule has 0 radical (unpaired) electrons. The van der Waals surface area contributed by atoms with E-state index in [0.29, 0.717) is 11.1 Å². The van der Waals surface area contributed by atoms with Gasteiger partial charge in [0.2, 0.25) is 10.0 Å². The molecule has 4 N–H and O–H groups in total. The number of rotatable bonds is 2. The van der Waals surface area contributed by atoms with Gasteiger partial charge < -0.3 is 10.2 Å². The van der Waals surface area contributed by atoms with E-state index in [1.807, 2.05) is 12.1 Å². The van der Waals surface area contributed by atoms with Crippen LogP contribution in [-0.2, 0) is 10.0 Å². The summed E-state index contributed by atoms with van der Waals surface area (Å²) >= 11 is 0. The predicted molar refractivity (Wildman–Crippen MR) is 75.2 cm³/mol. The third-order valence-corrected chi connectivity index (χ3v) is 3.85. The molecule has 0 atom stereocenters. The lowest BCUT2D eigenvalue weighted by Gasteiger charge is -2.03. The van der Waals surface area contributed by atoms with Crippen LogP contribution >= 0.6 is 0 Å². The number of nitrogens with two attached hydrogens (primary N) is 2. The van der Waals surface area contributed by atoms with Gasteiger partial charge in [0.05, 0.1) is 4.90 Å². The maximum atomic E-state index is 11.2. The molecule has 0 saturated heterocycles. The summed E-state index contributed by atoms with van der Waals surface area (Å²) < 4.78 is 27.8. The lowest BCUT2D eigenvalue weighted by Crippen LogP contribution is -2.11. The second-order valence-electron chi connectivity index (χ2n) is 4.28. The van der Waals surface area contributed by atoms with Crippen LogP contribution in [0.25, 0.3) is 22.2 Å². The van der Waals surface area contributed by atoms with Gasteiger partial charge in [0.15, 0.2) is 5.58 Å². The summed E-state index contributed by atoms with van der Waals surface area (Å²) in [5.74, 6) is 0. The number of hydrogen-bond acceptors (Lipinski definition) is 5. The van der Waals surface area contributed by atoms with E-state index in [1.165, 1.54) is 12.1 Å². The Hall–Kier alpha value is -2.38. The number of hydrogen-bond donors (Lipinski definition) is 2. The third-order valence-electron chi connectivity index (χ3n) is 2.93. The van der Waals surface area contributed by atoms with Gasteiger partial charge in [-0.3, -0.25) is 0 Å². The monoisotopic (exact) mass is 289 g/mol. The Balaban J connectivity index is 2.16. The lowest BCUT2D eigenvalue weighted by molar-refractivity contribution is 0.598. The van der Waals surface area contributed by atoms with Gasteiger partial charge in [-0.25, -0.2) is 13.6 Å². The number of para-hydroxylation sites is 1. The van der Waals surface area contributed by atoms with E-state index in [2.05, 4.69) is 4.98 Å². The van der Waals surface area contributed by atoms with Crippen LogP contribution in [-0.4, -0.2) is 13.4 Å². The summed E-state index contributed by atoms with van der Waals surface area (Å²) in [4.78, 5) is 4.11. The van der Waals surface area contributed by atoms with E-state index < -0.39 is 10.0 Å². The highest BCUT2D eigenvalue weighted by Crippen LogP contribution is 2.30. The minimum absolute atomic E-state index is 0.0607. The zero-order valence-electron chi connectivity index (χ0n) is 10.3. The summed E-state index contributed by atoms with van der Waals surface area (Å²) in [6.45, 7) is 0. The maximum Gasteiger partial charge on any atom is 0.293 e. The smallest absolute Gasteiger partial charge is 0.293 e. The maximum absolute atomic E-state index is 11.2. The number of anilines is 1. The van der Waals surface area contributed by atoms with Gasteiger partial charge in [-0.05, 0) is 23.8 Å². The van der Waals surface area contributed by atoms with Crippen molar-refractivity contribution in [3.05, 3.63) is 42.5 Å². The lowest BCUT2D eigenvalue weighted by atomic mass is 10.1. The highest BCUT2D eigenvalue weighted by Gasteiger charge is 2.11. The molecule has 102 valence electrons. The fourth-order valence-corrected chi connectivity index (χ4v) is 2.53. The van der Waals surface area contributed by atoms with E-state index >= 15 is 0 Å². The fourth-order valence-electron chi connectivity index (χ4n) is 2.02. The molecule has 1 aromatic heterocycles. The number of aromatic nitrogens is 1. The zero-order chi connectivity index (χ0) is 14.3. The number of primary sulfonamides is 1. The Labute approximate surface area is 115 Å². The van der Waals surface area contributed by atoms with Crippen LogP contribution < -0.4 is 10.9 Å². The molecular weight excluding hydrogens is 278 g/mol. The first-order valence-electron chi connectivity index (χ1n) is 5.73. The molecule has 2 aromatic carbocycles. The van der Waals surface area contributed by atoms with Crippen molar-refractivity contribution in [1.29, 1.82) is 0 Å². The highest BCUT2D eigenvalue weighted by molar-refractivity contribution is 7.89. The first kappa shape index (κ1) is 12.6. The molecule has 0 fully saturated rings. The molecule has 7 heteroatoms. The van der Waals surface area contributed by atoms with Crippen molar-refractivity contribution in [2.45, 2.75) is 4.90 Å². The molecule has 0 aliphatic heterocycles. The Bertz CT molecular complexity index is 883. The second-order valence-corrected chi connectivity index (χ2v) is 5.84. The summed E-state index contributed by atoms with van der Waals surface area (Å²) in [6.07, 6.45) is 0. The molecule has 0 bridgehead atoms. The average molecular weight is 289 g/mol. The molecule has 6 nitrogen and oxygen atoms in total. The molecule has 0 saturated carbocycles. The Morgan fingerprint density at radius 2 is 1.75 bits per heavy atom. The van der Waals surface area contributed by atoms with Crippen molar-refractivity contribution < 1.29 is 12.8 Å². The zero-order valence-corrected chi connectivity index (χ0v) is 11.1. The quantitative estimate of drug-likeness (QED) is 0.746. The summed E-state index contributed by atoms with van der Waals surface area (Å²) in [5.41, 5.74) is 8.33. The van der Waals surface area contributed by atoms with E-state index in [4.69, 9.17) is 15.3 Å². The van der Waals surface area contributed by atoms with Crippen LogP contribution in [0.15, 0.2) is 51.8 Å². The van der Waals surface area contributed by atoms with E-state index in [-0.39, 0.29) is 10.9 Å². The normalized spacial score (nSPS) is 11.8. The minimum Gasteiger partial charge on any atom is -0.423 e. The fraction of sp³-hybridized carbons (Fsp3) is 0. The van der Waals surface area contributed by atoms with Crippen molar-refractivity contribution in [3.8, 4) is 11.1 Å². The van der Waals surface area contributed by atoms with Gasteiger partial charge in [-0.1, -0.05) is 24.3 Å². The first-order valence-corrected chi connectivity index (χ1v) is 7.28. The number of sulfonamides is 1. The van der Waals surface area contributed by atoms with Crippen molar-refractivity contribution in [1.82, 2.24) is 4.98 Å². The number of fused-ring (bicyclic) bond motifs is 1. The molecule has 0 aliphatic rings. The molecular formula is C13H11N3O3S. The molecule has 0 amide bonds. The Kier molecular flexibility index (Phi) is 2.73. The molecule has 0 unspecified atom stereocenters. The van der Waals surface area contributed by atoms with Crippen LogP contribution in [0.1, 0.15) is 0 Å². The van der Waals surface area contributed by atoms with Gasteiger partial charge in [0, 0.05) is 5.56 Å². The van der Waals surface area contributed by atoms with Crippen LogP contribution in [0.3, 0.4) is 0 Å².